The van der Waals surface area contributed by atoms with Crippen LogP contribution in [0, 0.1) is 6.92 Å². The molecule has 0 aromatic heterocycles. The molecule has 1 atom stereocenters. The number of hydrogen-bond acceptors (Lipinski definition) is 4. The van der Waals surface area contributed by atoms with Crippen LogP contribution in [0.15, 0.2) is 83.8 Å². The minimum Gasteiger partial charge on any atom is -0.352 e. The molecular formula is C32H38ClN3O4S. The lowest BCUT2D eigenvalue weighted by Crippen LogP contribution is -2.53. The summed E-state index contributed by atoms with van der Waals surface area (Å²) in [6.45, 7) is 3.33. The van der Waals surface area contributed by atoms with Gasteiger partial charge in [0.25, 0.3) is 10.0 Å². The van der Waals surface area contributed by atoms with Crippen LogP contribution in [0.25, 0.3) is 0 Å². The minimum absolute atomic E-state index is 0.0249. The van der Waals surface area contributed by atoms with E-state index in [0.29, 0.717) is 22.7 Å². The molecule has 3 aromatic rings. The van der Waals surface area contributed by atoms with Gasteiger partial charge in [0.05, 0.1) is 10.6 Å². The van der Waals surface area contributed by atoms with E-state index in [1.54, 1.807) is 32.0 Å². The van der Waals surface area contributed by atoms with Crippen LogP contribution in [0.1, 0.15) is 50.2 Å². The first-order chi connectivity index (χ1) is 19.7. The number of nitrogens with zero attached hydrogens (tertiary/aromatic N) is 2. The van der Waals surface area contributed by atoms with E-state index in [1.165, 1.54) is 35.6 Å². The summed E-state index contributed by atoms with van der Waals surface area (Å²) < 4.78 is 29.0. The van der Waals surface area contributed by atoms with E-state index in [4.69, 9.17) is 11.6 Å². The van der Waals surface area contributed by atoms with Crippen LogP contribution in [0.5, 0.6) is 0 Å². The maximum Gasteiger partial charge on any atom is 0.264 e. The minimum atomic E-state index is -4.13. The SMILES string of the molecule is Cc1ccccc1N(CC(=O)N(CCc1ccccc1)[C@H](C)C(=O)NC1CCCCC1)S(=O)(=O)c1ccc(Cl)cc1. The number of para-hydroxylation sites is 1. The van der Waals surface area contributed by atoms with Crippen molar-refractivity contribution in [2.24, 2.45) is 0 Å². The van der Waals surface area contributed by atoms with Gasteiger partial charge in [-0.2, -0.15) is 0 Å². The van der Waals surface area contributed by atoms with Crippen molar-refractivity contribution in [2.45, 2.75) is 69.4 Å². The molecule has 1 aliphatic carbocycles. The van der Waals surface area contributed by atoms with Crippen LogP contribution < -0.4 is 9.62 Å². The van der Waals surface area contributed by atoms with Gasteiger partial charge in [-0.05, 0) is 74.6 Å². The molecule has 0 saturated heterocycles. The second-order valence-corrected chi connectivity index (χ2v) is 12.9. The lowest BCUT2D eigenvalue weighted by molar-refractivity contribution is -0.139. The van der Waals surface area contributed by atoms with E-state index in [9.17, 15) is 18.0 Å². The summed E-state index contributed by atoms with van der Waals surface area (Å²) in [5.74, 6) is -0.672. The number of anilines is 1. The molecule has 4 rings (SSSR count). The van der Waals surface area contributed by atoms with E-state index in [-0.39, 0.29) is 23.4 Å². The average molecular weight is 596 g/mol. The molecule has 1 aliphatic rings. The molecule has 0 bridgehead atoms. The Hall–Kier alpha value is -3.36. The predicted molar refractivity (Wildman–Crippen MR) is 163 cm³/mol. The van der Waals surface area contributed by atoms with Crippen LogP contribution in [-0.4, -0.2) is 50.3 Å². The number of sulfonamides is 1. The van der Waals surface area contributed by atoms with Crippen molar-refractivity contribution in [3.05, 3.63) is 95.0 Å². The number of benzene rings is 3. The van der Waals surface area contributed by atoms with Gasteiger partial charge >= 0.3 is 0 Å². The highest BCUT2D eigenvalue weighted by atomic mass is 35.5. The fraction of sp³-hybridized carbons (Fsp3) is 0.375. The molecule has 0 aliphatic heterocycles. The summed E-state index contributed by atoms with van der Waals surface area (Å²) in [6, 6.07) is 22.0. The Labute approximate surface area is 248 Å². The lowest BCUT2D eigenvalue weighted by atomic mass is 9.95. The van der Waals surface area contributed by atoms with Gasteiger partial charge in [0.2, 0.25) is 11.8 Å². The van der Waals surface area contributed by atoms with Crippen molar-refractivity contribution in [3.8, 4) is 0 Å². The van der Waals surface area contributed by atoms with E-state index in [1.807, 2.05) is 36.4 Å². The summed E-state index contributed by atoms with van der Waals surface area (Å²) in [6.07, 6.45) is 5.70. The van der Waals surface area contributed by atoms with E-state index in [2.05, 4.69) is 5.32 Å². The normalized spacial score (nSPS) is 14.7. The summed E-state index contributed by atoms with van der Waals surface area (Å²) in [5, 5.41) is 3.54. The van der Waals surface area contributed by atoms with Crippen molar-refractivity contribution in [2.75, 3.05) is 17.4 Å². The topological polar surface area (TPSA) is 86.8 Å². The Morgan fingerprint density at radius 2 is 1.56 bits per heavy atom. The number of nitrogens with one attached hydrogen (secondary N) is 1. The fourth-order valence-electron chi connectivity index (χ4n) is 5.23. The van der Waals surface area contributed by atoms with Crippen LogP contribution in [0.4, 0.5) is 5.69 Å². The van der Waals surface area contributed by atoms with Crippen molar-refractivity contribution in [1.82, 2.24) is 10.2 Å². The second-order valence-electron chi connectivity index (χ2n) is 10.6. The zero-order chi connectivity index (χ0) is 29.4. The maximum absolute atomic E-state index is 14.0. The third-order valence-corrected chi connectivity index (χ3v) is 9.69. The van der Waals surface area contributed by atoms with Gasteiger partial charge in [-0.25, -0.2) is 8.42 Å². The number of carbonyl (C=O) groups excluding carboxylic acids is 2. The van der Waals surface area contributed by atoms with Crippen molar-refractivity contribution in [3.63, 3.8) is 0 Å². The number of hydrogen-bond donors (Lipinski definition) is 1. The van der Waals surface area contributed by atoms with Gasteiger partial charge in [-0.3, -0.25) is 13.9 Å². The predicted octanol–water partition coefficient (Wildman–Crippen LogP) is 5.75. The summed E-state index contributed by atoms with van der Waals surface area (Å²) >= 11 is 6.02. The molecule has 218 valence electrons. The van der Waals surface area contributed by atoms with Gasteiger partial charge in [0.1, 0.15) is 12.6 Å². The number of aryl methyl sites for hydroxylation is 1. The molecule has 0 heterocycles. The van der Waals surface area contributed by atoms with Crippen LogP contribution in [0.2, 0.25) is 5.02 Å². The number of amides is 2. The summed E-state index contributed by atoms with van der Waals surface area (Å²) in [7, 11) is -4.13. The Bertz CT molecular complexity index is 1420. The number of halogens is 1. The van der Waals surface area contributed by atoms with Gasteiger partial charge < -0.3 is 10.2 Å². The zero-order valence-corrected chi connectivity index (χ0v) is 25.2. The Morgan fingerprint density at radius 1 is 0.927 bits per heavy atom. The van der Waals surface area contributed by atoms with Crippen molar-refractivity contribution >= 4 is 39.1 Å². The maximum atomic E-state index is 14.0. The zero-order valence-electron chi connectivity index (χ0n) is 23.6. The third kappa shape index (κ3) is 7.89. The number of rotatable bonds is 11. The summed E-state index contributed by atoms with van der Waals surface area (Å²) in [5.41, 5.74) is 2.13. The molecule has 41 heavy (non-hydrogen) atoms. The molecular weight excluding hydrogens is 558 g/mol. The summed E-state index contributed by atoms with van der Waals surface area (Å²) in [4.78, 5) is 29.0. The van der Waals surface area contributed by atoms with Gasteiger partial charge in [0, 0.05) is 17.6 Å². The van der Waals surface area contributed by atoms with Crippen molar-refractivity contribution < 1.29 is 18.0 Å². The molecule has 9 heteroatoms. The van der Waals surface area contributed by atoms with Gasteiger partial charge in [-0.15, -0.1) is 0 Å². The largest absolute Gasteiger partial charge is 0.352 e. The molecule has 7 nitrogen and oxygen atoms in total. The molecule has 0 unspecified atom stereocenters. The van der Waals surface area contributed by atoms with Crippen LogP contribution in [0.3, 0.4) is 0 Å². The molecule has 2 amide bonds. The average Bonchev–Trinajstić information content (AvgIpc) is 2.97. The molecule has 0 radical (unpaired) electrons. The van der Waals surface area contributed by atoms with Crippen molar-refractivity contribution in [1.29, 1.82) is 0 Å². The first-order valence-corrected chi connectivity index (χ1v) is 16.0. The molecule has 1 fully saturated rings. The molecule has 0 spiro atoms. The molecule has 3 aromatic carbocycles. The molecule has 1 N–H and O–H groups in total. The molecule has 1 saturated carbocycles. The smallest absolute Gasteiger partial charge is 0.264 e. The second kappa shape index (κ2) is 14.0. The van der Waals surface area contributed by atoms with E-state index < -0.39 is 28.5 Å². The van der Waals surface area contributed by atoms with Gasteiger partial charge in [0.15, 0.2) is 0 Å². The van der Waals surface area contributed by atoms with Crippen LogP contribution in [-0.2, 0) is 26.0 Å². The van der Waals surface area contributed by atoms with E-state index >= 15 is 0 Å². The first-order valence-electron chi connectivity index (χ1n) is 14.1. The third-order valence-electron chi connectivity index (χ3n) is 7.67. The first kappa shape index (κ1) is 30.6. The monoisotopic (exact) mass is 595 g/mol. The highest BCUT2D eigenvalue weighted by Gasteiger charge is 2.33. The highest BCUT2D eigenvalue weighted by molar-refractivity contribution is 7.92. The van der Waals surface area contributed by atoms with Crippen LogP contribution >= 0.6 is 11.6 Å². The van der Waals surface area contributed by atoms with E-state index in [0.717, 1.165) is 35.6 Å². The van der Waals surface area contributed by atoms with Gasteiger partial charge in [-0.1, -0.05) is 79.4 Å². The Balaban J connectivity index is 1.64. The fourth-order valence-corrected chi connectivity index (χ4v) is 6.83. The highest BCUT2D eigenvalue weighted by Crippen LogP contribution is 2.28. The standard InChI is InChI=1S/C32H38ClN3O4S/c1-24-11-9-10-16-30(24)36(41(39,40)29-19-17-27(33)18-20-29)23-31(37)35(22-21-26-12-5-3-6-13-26)25(2)32(38)34-28-14-7-4-8-15-28/h3,5-6,9-13,16-20,25,28H,4,7-8,14-15,21-23H2,1-2H3,(H,34,38)/t25-/m1/s1. The lowest BCUT2D eigenvalue weighted by Gasteiger charge is -2.33. The Morgan fingerprint density at radius 3 is 2.22 bits per heavy atom. The Kier molecular flexibility index (Phi) is 10.5. The number of carbonyl (C=O) groups is 2. The quantitative estimate of drug-likeness (QED) is 0.306.